The zero-order valence-corrected chi connectivity index (χ0v) is 15.1. The number of hydrogen-bond donors (Lipinski definition) is 2. The molecule has 1 unspecified atom stereocenters. The first-order chi connectivity index (χ1) is 10.2. The average molecular weight is 363 g/mol. The number of halogens is 1. The van der Waals surface area contributed by atoms with Crippen LogP contribution in [0.1, 0.15) is 20.8 Å². The van der Waals surface area contributed by atoms with Gasteiger partial charge in [-0.2, -0.15) is 0 Å². The Balaban J connectivity index is 0.00000264. The number of rotatable bonds is 4. The Morgan fingerprint density at radius 2 is 2.13 bits per heavy atom. The summed E-state index contributed by atoms with van der Waals surface area (Å²) in [5, 5.41) is 2.96. The van der Waals surface area contributed by atoms with Crippen LogP contribution in [0.4, 0.5) is 0 Å². The van der Waals surface area contributed by atoms with Crippen molar-refractivity contribution in [3.8, 4) is 0 Å². The van der Waals surface area contributed by atoms with Crippen LogP contribution in [0.15, 0.2) is 28.3 Å². The number of carbonyl (C=O) groups is 1. The lowest BCUT2D eigenvalue weighted by Crippen LogP contribution is -2.55. The van der Waals surface area contributed by atoms with Crippen molar-refractivity contribution < 1.29 is 13.2 Å². The molecule has 2 rings (SSSR count). The molecule has 2 heterocycles. The molecule has 0 aromatic rings. The van der Waals surface area contributed by atoms with Crippen molar-refractivity contribution in [2.24, 2.45) is 16.0 Å². The Labute approximate surface area is 143 Å². The van der Waals surface area contributed by atoms with E-state index in [0.29, 0.717) is 24.5 Å². The molecule has 130 valence electrons. The SMILES string of the molecule is CC(C)C(C)(CN)NC(=O)C1=CN2CCS(=O)(=O)N=C2C=C1.Cl. The van der Waals surface area contributed by atoms with Gasteiger partial charge in [-0.15, -0.1) is 16.8 Å². The first-order valence-corrected chi connectivity index (χ1v) is 8.79. The smallest absolute Gasteiger partial charge is 0.256 e. The summed E-state index contributed by atoms with van der Waals surface area (Å²) >= 11 is 0. The zero-order chi connectivity index (χ0) is 16.5. The fourth-order valence-corrected chi connectivity index (χ4v) is 3.07. The number of amidine groups is 1. The first-order valence-electron chi connectivity index (χ1n) is 7.18. The van der Waals surface area contributed by atoms with Crippen LogP contribution >= 0.6 is 12.4 Å². The van der Waals surface area contributed by atoms with E-state index in [-0.39, 0.29) is 30.0 Å². The fraction of sp³-hybridized carbons (Fsp3) is 0.571. The molecule has 9 heteroatoms. The van der Waals surface area contributed by atoms with Crippen LogP contribution in [-0.4, -0.2) is 49.4 Å². The summed E-state index contributed by atoms with van der Waals surface area (Å²) in [6.45, 7) is 6.53. The second-order valence-corrected chi connectivity index (χ2v) is 7.83. The molecule has 0 bridgehead atoms. The summed E-state index contributed by atoms with van der Waals surface area (Å²) in [7, 11) is -3.39. The van der Waals surface area contributed by atoms with E-state index in [1.165, 1.54) is 0 Å². The van der Waals surface area contributed by atoms with Crippen molar-refractivity contribution in [3.05, 3.63) is 23.9 Å². The number of nitrogens with zero attached hydrogens (tertiary/aromatic N) is 2. The predicted molar refractivity (Wildman–Crippen MR) is 92.8 cm³/mol. The maximum Gasteiger partial charge on any atom is 0.256 e. The standard InChI is InChI=1S/C14H22N4O3S.ClH/c1-10(2)14(3,9-15)16-13(19)11-4-5-12-17-22(20,21)7-6-18(12)8-11;/h4-5,8,10H,6-7,9,15H2,1-3H3,(H,16,19);1H. The molecule has 1 atom stereocenters. The van der Waals surface area contributed by atoms with Crippen LogP contribution in [0.5, 0.6) is 0 Å². The van der Waals surface area contributed by atoms with Crippen LogP contribution in [0.3, 0.4) is 0 Å². The first kappa shape index (κ1) is 19.7. The highest BCUT2D eigenvalue weighted by Crippen LogP contribution is 2.19. The summed E-state index contributed by atoms with van der Waals surface area (Å²) in [5.74, 6) is 0.243. The molecule has 2 aliphatic rings. The minimum absolute atomic E-state index is 0. The number of nitrogens with one attached hydrogen (secondary N) is 1. The maximum absolute atomic E-state index is 12.4. The number of sulfonamides is 1. The summed E-state index contributed by atoms with van der Waals surface area (Å²) < 4.78 is 26.6. The molecule has 0 fully saturated rings. The summed E-state index contributed by atoms with van der Waals surface area (Å²) in [6.07, 6.45) is 4.74. The highest BCUT2D eigenvalue weighted by Gasteiger charge is 2.31. The van der Waals surface area contributed by atoms with Crippen molar-refractivity contribution in [2.45, 2.75) is 26.3 Å². The topological polar surface area (TPSA) is 105 Å². The van der Waals surface area contributed by atoms with Gasteiger partial charge in [-0.05, 0) is 25.0 Å². The highest BCUT2D eigenvalue weighted by molar-refractivity contribution is 7.90. The van der Waals surface area contributed by atoms with Gasteiger partial charge in [0.05, 0.1) is 16.9 Å². The van der Waals surface area contributed by atoms with Crippen molar-refractivity contribution >= 4 is 34.2 Å². The second-order valence-electron chi connectivity index (χ2n) is 6.08. The summed E-state index contributed by atoms with van der Waals surface area (Å²) in [5.41, 5.74) is 5.74. The van der Waals surface area contributed by atoms with E-state index < -0.39 is 15.6 Å². The van der Waals surface area contributed by atoms with Gasteiger partial charge in [0.15, 0.2) is 0 Å². The summed E-state index contributed by atoms with van der Waals surface area (Å²) in [4.78, 5) is 14.1. The molecule has 0 aromatic carbocycles. The Morgan fingerprint density at radius 3 is 2.70 bits per heavy atom. The molecule has 23 heavy (non-hydrogen) atoms. The molecular formula is C14H23ClN4O3S. The average Bonchev–Trinajstić information content (AvgIpc) is 2.45. The molecule has 0 spiro atoms. The third-order valence-corrected chi connectivity index (χ3v) is 5.35. The van der Waals surface area contributed by atoms with Crippen LogP contribution < -0.4 is 11.1 Å². The van der Waals surface area contributed by atoms with Crippen LogP contribution in [0, 0.1) is 5.92 Å². The largest absolute Gasteiger partial charge is 0.345 e. The Hall–Kier alpha value is -1.38. The molecule has 0 saturated carbocycles. The molecular weight excluding hydrogens is 340 g/mol. The van der Waals surface area contributed by atoms with Gasteiger partial charge in [-0.1, -0.05) is 13.8 Å². The van der Waals surface area contributed by atoms with Gasteiger partial charge in [0, 0.05) is 19.3 Å². The van der Waals surface area contributed by atoms with E-state index in [2.05, 4.69) is 9.71 Å². The van der Waals surface area contributed by atoms with E-state index in [0.717, 1.165) is 0 Å². The molecule has 2 aliphatic heterocycles. The number of fused-ring (bicyclic) bond motifs is 1. The van der Waals surface area contributed by atoms with Crippen LogP contribution in [0.2, 0.25) is 0 Å². The fourth-order valence-electron chi connectivity index (χ4n) is 2.10. The lowest BCUT2D eigenvalue weighted by molar-refractivity contribution is -0.119. The maximum atomic E-state index is 12.4. The lowest BCUT2D eigenvalue weighted by Gasteiger charge is -2.34. The van der Waals surface area contributed by atoms with E-state index in [4.69, 9.17) is 5.73 Å². The van der Waals surface area contributed by atoms with Gasteiger partial charge >= 0.3 is 0 Å². The predicted octanol–water partition coefficient (Wildman–Crippen LogP) is 0.395. The second kappa shape index (κ2) is 7.02. The molecule has 1 amide bonds. The molecule has 0 aromatic heterocycles. The van der Waals surface area contributed by atoms with Crippen LogP contribution in [0.25, 0.3) is 0 Å². The van der Waals surface area contributed by atoms with Gasteiger partial charge in [0.1, 0.15) is 5.84 Å². The lowest BCUT2D eigenvalue weighted by atomic mass is 9.88. The molecule has 0 saturated heterocycles. The van der Waals surface area contributed by atoms with E-state index in [1.54, 1.807) is 23.3 Å². The minimum Gasteiger partial charge on any atom is -0.345 e. The molecule has 3 N–H and O–H groups in total. The van der Waals surface area contributed by atoms with Gasteiger partial charge in [0.2, 0.25) is 0 Å². The van der Waals surface area contributed by atoms with Gasteiger partial charge in [-0.25, -0.2) is 8.42 Å². The van der Waals surface area contributed by atoms with Crippen molar-refractivity contribution in [1.82, 2.24) is 10.2 Å². The summed E-state index contributed by atoms with van der Waals surface area (Å²) in [6, 6.07) is 0. The number of amides is 1. The van der Waals surface area contributed by atoms with Gasteiger partial charge in [0.25, 0.3) is 15.9 Å². The molecule has 0 radical (unpaired) electrons. The quantitative estimate of drug-likeness (QED) is 0.753. The normalized spacial score (nSPS) is 21.5. The molecule has 7 nitrogen and oxygen atoms in total. The molecule has 0 aliphatic carbocycles. The van der Waals surface area contributed by atoms with Crippen molar-refractivity contribution in [3.63, 3.8) is 0 Å². The van der Waals surface area contributed by atoms with Gasteiger partial charge in [-0.3, -0.25) is 4.79 Å². The van der Waals surface area contributed by atoms with Crippen molar-refractivity contribution in [2.75, 3.05) is 18.8 Å². The van der Waals surface area contributed by atoms with Gasteiger partial charge < -0.3 is 16.0 Å². The third-order valence-electron chi connectivity index (χ3n) is 4.18. The Morgan fingerprint density at radius 1 is 1.48 bits per heavy atom. The number of hydrogen-bond acceptors (Lipinski definition) is 5. The van der Waals surface area contributed by atoms with E-state index >= 15 is 0 Å². The minimum atomic E-state index is -3.39. The Bertz CT molecular complexity index is 670. The number of carbonyl (C=O) groups excluding carboxylic acids is 1. The van der Waals surface area contributed by atoms with E-state index in [9.17, 15) is 13.2 Å². The Kier molecular flexibility index (Phi) is 6.00. The monoisotopic (exact) mass is 362 g/mol. The van der Waals surface area contributed by atoms with Crippen molar-refractivity contribution in [1.29, 1.82) is 0 Å². The highest BCUT2D eigenvalue weighted by atomic mass is 35.5. The zero-order valence-electron chi connectivity index (χ0n) is 13.4. The number of nitrogens with two attached hydrogens (primary N) is 1. The van der Waals surface area contributed by atoms with E-state index in [1.807, 2.05) is 20.8 Å². The third kappa shape index (κ3) is 4.33. The van der Waals surface area contributed by atoms with Crippen LogP contribution in [-0.2, 0) is 14.8 Å².